The molecule has 10 heteroatoms. The Morgan fingerprint density at radius 3 is 2.68 bits per heavy atom. The SMILES string of the molecule is COc1cc(P2(=O)CCN(C3CC3)CC2)ccc1Nc1nc(NC2CC2)c2c(C#N)c[nH]c2n1. The summed E-state index contributed by atoms with van der Waals surface area (Å²) in [5.74, 6) is 1.66. The summed E-state index contributed by atoms with van der Waals surface area (Å²) in [5.41, 5.74) is 1.82. The molecule has 3 N–H and O–H groups in total. The predicted molar refractivity (Wildman–Crippen MR) is 133 cm³/mol. The molecule has 0 unspecified atom stereocenters. The van der Waals surface area contributed by atoms with Crippen molar-refractivity contribution in [2.45, 2.75) is 37.8 Å². The van der Waals surface area contributed by atoms with Gasteiger partial charge in [0.2, 0.25) is 5.95 Å². The molecule has 2 aromatic heterocycles. The Hall–Kier alpha value is -3.08. The second kappa shape index (κ2) is 8.30. The number of anilines is 3. The van der Waals surface area contributed by atoms with Crippen molar-refractivity contribution in [3.63, 3.8) is 0 Å². The summed E-state index contributed by atoms with van der Waals surface area (Å²) in [6.07, 6.45) is 7.85. The summed E-state index contributed by atoms with van der Waals surface area (Å²) in [5, 5.41) is 17.7. The number of nitriles is 1. The maximum absolute atomic E-state index is 13.7. The number of fused-ring (bicyclic) bond motifs is 1. The first-order valence-corrected chi connectivity index (χ1v) is 14.0. The maximum atomic E-state index is 13.7. The van der Waals surface area contributed by atoms with Crippen molar-refractivity contribution >= 4 is 40.9 Å². The number of hydrogen-bond acceptors (Lipinski definition) is 8. The highest BCUT2D eigenvalue weighted by Crippen LogP contribution is 2.49. The van der Waals surface area contributed by atoms with Crippen LogP contribution in [0.2, 0.25) is 0 Å². The van der Waals surface area contributed by atoms with E-state index in [0.29, 0.717) is 45.8 Å². The molecule has 6 rings (SSSR count). The number of aromatic amines is 1. The van der Waals surface area contributed by atoms with E-state index in [2.05, 4.69) is 36.6 Å². The first-order chi connectivity index (χ1) is 16.6. The zero-order valence-corrected chi connectivity index (χ0v) is 20.1. The summed E-state index contributed by atoms with van der Waals surface area (Å²) in [6, 6.07) is 9.05. The van der Waals surface area contributed by atoms with Crippen molar-refractivity contribution < 1.29 is 9.30 Å². The lowest BCUT2D eigenvalue weighted by Gasteiger charge is -2.32. The van der Waals surface area contributed by atoms with Crippen LogP contribution in [0.25, 0.3) is 11.0 Å². The molecule has 3 aromatic rings. The van der Waals surface area contributed by atoms with Crippen LogP contribution in [0.5, 0.6) is 5.75 Å². The van der Waals surface area contributed by atoms with Crippen molar-refractivity contribution in [1.82, 2.24) is 19.9 Å². The van der Waals surface area contributed by atoms with Gasteiger partial charge in [0.1, 0.15) is 30.4 Å². The van der Waals surface area contributed by atoms with E-state index in [1.165, 1.54) is 12.8 Å². The van der Waals surface area contributed by atoms with Gasteiger partial charge in [-0.15, -0.1) is 0 Å². The molecule has 176 valence electrons. The molecule has 3 heterocycles. The van der Waals surface area contributed by atoms with E-state index in [9.17, 15) is 9.83 Å². The first kappa shape index (κ1) is 21.5. The number of hydrogen-bond donors (Lipinski definition) is 3. The summed E-state index contributed by atoms with van der Waals surface area (Å²) in [4.78, 5) is 14.8. The van der Waals surface area contributed by atoms with Gasteiger partial charge < -0.3 is 24.9 Å². The average molecular weight is 478 g/mol. The van der Waals surface area contributed by atoms with E-state index in [1.54, 1.807) is 13.3 Å². The van der Waals surface area contributed by atoms with E-state index in [4.69, 9.17) is 4.74 Å². The fourth-order valence-electron chi connectivity index (χ4n) is 4.73. The highest BCUT2D eigenvalue weighted by atomic mass is 31.2. The molecule has 34 heavy (non-hydrogen) atoms. The lowest BCUT2D eigenvalue weighted by molar-refractivity contribution is 0.285. The molecule has 1 aliphatic heterocycles. The van der Waals surface area contributed by atoms with Crippen molar-refractivity contribution in [1.29, 1.82) is 5.26 Å². The molecule has 0 spiro atoms. The van der Waals surface area contributed by atoms with Gasteiger partial charge in [0, 0.05) is 49.0 Å². The zero-order valence-electron chi connectivity index (χ0n) is 19.2. The van der Waals surface area contributed by atoms with E-state index < -0.39 is 7.14 Å². The minimum atomic E-state index is -2.43. The molecule has 1 aromatic carbocycles. The third kappa shape index (κ3) is 4.02. The lowest BCUT2D eigenvalue weighted by Crippen LogP contribution is -2.38. The zero-order chi connectivity index (χ0) is 23.3. The quantitative estimate of drug-likeness (QED) is 0.442. The minimum Gasteiger partial charge on any atom is -0.495 e. The van der Waals surface area contributed by atoms with Gasteiger partial charge in [-0.25, -0.2) is 0 Å². The minimum absolute atomic E-state index is 0.379. The van der Waals surface area contributed by atoms with Crippen molar-refractivity contribution in [3.8, 4) is 11.8 Å². The Morgan fingerprint density at radius 2 is 2.00 bits per heavy atom. The van der Waals surface area contributed by atoms with Crippen LogP contribution in [-0.4, -0.2) is 64.5 Å². The third-order valence-electron chi connectivity index (χ3n) is 7.03. The standard InChI is InChI=1S/C24H28N7O2P/c1-33-20-12-18(34(32)10-8-31(9-11-34)17-4-5-17)6-7-19(20)28-24-29-22-21(15(13-25)14-26-22)23(30-24)27-16-2-3-16/h6-7,12,14,16-17H,2-5,8-11H2,1H3,(H3,26,27,28,29,30). The number of H-pyrrole nitrogens is 1. The first-order valence-electron chi connectivity index (χ1n) is 11.9. The number of rotatable bonds is 7. The molecule has 1 saturated heterocycles. The number of nitrogens with one attached hydrogen (secondary N) is 3. The number of benzene rings is 1. The summed E-state index contributed by atoms with van der Waals surface area (Å²) in [6.45, 7) is 1.82. The van der Waals surface area contributed by atoms with Gasteiger partial charge in [-0.05, 0) is 43.9 Å². The Labute approximate surface area is 198 Å². The largest absolute Gasteiger partial charge is 0.495 e. The molecular weight excluding hydrogens is 449 g/mol. The van der Waals surface area contributed by atoms with Crippen LogP contribution >= 0.6 is 7.14 Å². The highest BCUT2D eigenvalue weighted by Gasteiger charge is 2.37. The molecule has 2 saturated carbocycles. The maximum Gasteiger partial charge on any atom is 0.231 e. The van der Waals surface area contributed by atoms with E-state index in [0.717, 1.165) is 49.6 Å². The molecule has 0 amide bonds. The van der Waals surface area contributed by atoms with Gasteiger partial charge in [0.05, 0.1) is 23.7 Å². The van der Waals surface area contributed by atoms with Crippen LogP contribution < -0.4 is 20.7 Å². The third-order valence-corrected chi connectivity index (χ3v) is 10.1. The Bertz CT molecular complexity index is 1330. The number of ether oxygens (including phenoxy) is 1. The van der Waals surface area contributed by atoms with Gasteiger partial charge in [-0.1, -0.05) is 0 Å². The monoisotopic (exact) mass is 477 g/mol. The highest BCUT2D eigenvalue weighted by molar-refractivity contribution is 7.71. The Morgan fingerprint density at radius 1 is 1.21 bits per heavy atom. The summed E-state index contributed by atoms with van der Waals surface area (Å²) in [7, 11) is -0.819. The van der Waals surface area contributed by atoms with Gasteiger partial charge >= 0.3 is 0 Å². The van der Waals surface area contributed by atoms with Crippen LogP contribution in [0.4, 0.5) is 17.5 Å². The van der Waals surface area contributed by atoms with E-state index in [-0.39, 0.29) is 0 Å². The van der Waals surface area contributed by atoms with E-state index >= 15 is 0 Å². The molecular formula is C24H28N7O2P. The lowest BCUT2D eigenvalue weighted by atomic mass is 10.2. The Kier molecular flexibility index (Phi) is 5.23. The molecule has 9 nitrogen and oxygen atoms in total. The molecule has 0 bridgehead atoms. The second-order valence-corrected chi connectivity index (χ2v) is 12.7. The molecule has 3 aliphatic rings. The van der Waals surface area contributed by atoms with Gasteiger partial charge in [0.25, 0.3) is 0 Å². The summed E-state index contributed by atoms with van der Waals surface area (Å²) < 4.78 is 19.4. The second-order valence-electron chi connectivity index (χ2n) is 9.47. The predicted octanol–water partition coefficient (Wildman–Crippen LogP) is 3.62. The van der Waals surface area contributed by atoms with Crippen molar-refractivity contribution in [2.75, 3.05) is 43.2 Å². The fourth-order valence-corrected chi connectivity index (χ4v) is 7.32. The number of nitrogens with zero attached hydrogens (tertiary/aromatic N) is 4. The van der Waals surface area contributed by atoms with Crippen molar-refractivity contribution in [2.24, 2.45) is 0 Å². The van der Waals surface area contributed by atoms with Gasteiger partial charge in [-0.3, -0.25) is 4.90 Å². The van der Waals surface area contributed by atoms with Crippen LogP contribution in [0.3, 0.4) is 0 Å². The molecule has 3 fully saturated rings. The van der Waals surface area contributed by atoms with Crippen molar-refractivity contribution in [3.05, 3.63) is 30.0 Å². The average Bonchev–Trinajstić information content (AvgIpc) is 3.78. The van der Waals surface area contributed by atoms with Crippen LogP contribution in [0, 0.1) is 11.3 Å². The fraction of sp³-hybridized carbons (Fsp3) is 0.458. The van der Waals surface area contributed by atoms with Crippen LogP contribution in [0.15, 0.2) is 24.4 Å². The Balaban J connectivity index is 1.27. The smallest absolute Gasteiger partial charge is 0.231 e. The van der Waals surface area contributed by atoms with Crippen LogP contribution in [-0.2, 0) is 4.57 Å². The van der Waals surface area contributed by atoms with E-state index in [1.807, 2.05) is 18.2 Å². The molecule has 0 atom stereocenters. The number of methoxy groups -OCH3 is 1. The van der Waals surface area contributed by atoms with Gasteiger partial charge in [0.15, 0.2) is 0 Å². The molecule has 2 aliphatic carbocycles. The number of aromatic nitrogens is 3. The topological polar surface area (TPSA) is 119 Å². The molecule has 0 radical (unpaired) electrons. The summed E-state index contributed by atoms with van der Waals surface area (Å²) >= 11 is 0. The normalized spacial score (nSPS) is 20.1. The van der Waals surface area contributed by atoms with Gasteiger partial charge in [-0.2, -0.15) is 15.2 Å². The van der Waals surface area contributed by atoms with Crippen LogP contribution in [0.1, 0.15) is 31.2 Å².